The highest BCUT2D eigenvalue weighted by molar-refractivity contribution is 7.99. The zero-order chi connectivity index (χ0) is 9.23. The largest absolute Gasteiger partial charge is 0.385 e. The van der Waals surface area contributed by atoms with Gasteiger partial charge in [-0.25, -0.2) is 0 Å². The summed E-state index contributed by atoms with van der Waals surface area (Å²) in [6, 6.07) is 0.435. The molecule has 1 atom stereocenters. The van der Waals surface area contributed by atoms with Crippen molar-refractivity contribution >= 4 is 11.8 Å². The molecule has 74 valence electrons. The van der Waals surface area contributed by atoms with Crippen LogP contribution in [-0.4, -0.2) is 31.3 Å². The molecule has 0 aliphatic rings. The molecule has 3 nitrogen and oxygen atoms in total. The van der Waals surface area contributed by atoms with Crippen molar-refractivity contribution in [3.63, 3.8) is 0 Å². The molecule has 4 heteroatoms. The average Bonchev–Trinajstić information content (AvgIpc) is 2.11. The number of rotatable bonds is 8. The molecular weight excluding hydrogens is 172 g/mol. The first kappa shape index (κ1) is 12.2. The lowest BCUT2D eigenvalue weighted by Crippen LogP contribution is -2.37. The van der Waals surface area contributed by atoms with E-state index in [9.17, 15) is 0 Å². The van der Waals surface area contributed by atoms with Gasteiger partial charge < -0.3 is 4.74 Å². The summed E-state index contributed by atoms with van der Waals surface area (Å²) in [6.07, 6.45) is 2.17. The fourth-order valence-electron chi connectivity index (χ4n) is 0.949. The average molecular weight is 192 g/mol. The zero-order valence-corrected chi connectivity index (χ0v) is 8.82. The van der Waals surface area contributed by atoms with Crippen LogP contribution >= 0.6 is 11.8 Å². The maximum Gasteiger partial charge on any atom is 0.0462 e. The maximum atomic E-state index is 5.39. The van der Waals surface area contributed by atoms with Crippen molar-refractivity contribution in [1.82, 2.24) is 5.43 Å². The van der Waals surface area contributed by atoms with Crippen LogP contribution in [0.3, 0.4) is 0 Å². The molecule has 1 unspecified atom stereocenters. The zero-order valence-electron chi connectivity index (χ0n) is 8.01. The molecular formula is C8H20N2OS. The third kappa shape index (κ3) is 6.91. The number of hydrogen-bond donors (Lipinski definition) is 2. The van der Waals surface area contributed by atoms with E-state index in [0.717, 1.165) is 31.0 Å². The Kier molecular flexibility index (Phi) is 9.50. The fourth-order valence-corrected chi connectivity index (χ4v) is 1.73. The Morgan fingerprint density at radius 2 is 2.33 bits per heavy atom. The highest BCUT2D eigenvalue weighted by atomic mass is 32.2. The molecule has 12 heavy (non-hydrogen) atoms. The van der Waals surface area contributed by atoms with E-state index in [0.29, 0.717) is 6.04 Å². The van der Waals surface area contributed by atoms with E-state index in [1.165, 1.54) is 0 Å². The minimum Gasteiger partial charge on any atom is -0.385 e. The lowest BCUT2D eigenvalue weighted by Gasteiger charge is -2.14. The molecule has 0 aromatic carbocycles. The van der Waals surface area contributed by atoms with E-state index in [2.05, 4.69) is 12.3 Å². The van der Waals surface area contributed by atoms with Crippen molar-refractivity contribution in [3.8, 4) is 0 Å². The molecule has 0 saturated carbocycles. The topological polar surface area (TPSA) is 47.3 Å². The first-order valence-corrected chi connectivity index (χ1v) is 5.53. The van der Waals surface area contributed by atoms with E-state index in [1.807, 2.05) is 11.8 Å². The second-order valence-electron chi connectivity index (χ2n) is 2.66. The van der Waals surface area contributed by atoms with Crippen LogP contribution in [0, 0.1) is 0 Å². The van der Waals surface area contributed by atoms with Gasteiger partial charge in [-0.2, -0.15) is 11.8 Å². The molecule has 0 amide bonds. The number of nitrogens with two attached hydrogens (primary N) is 1. The first-order chi connectivity index (χ1) is 5.85. The molecule has 0 bridgehead atoms. The molecule has 3 N–H and O–H groups in total. The van der Waals surface area contributed by atoms with Gasteiger partial charge in [0.1, 0.15) is 0 Å². The van der Waals surface area contributed by atoms with Gasteiger partial charge in [0.15, 0.2) is 0 Å². The molecule has 0 spiro atoms. The fraction of sp³-hybridized carbons (Fsp3) is 1.00. The Hall–Kier alpha value is 0.230. The standard InChI is InChI=1S/C8H20N2OS/c1-3-12-7-8(10-9)5-4-6-11-2/h8,10H,3-7,9H2,1-2H3. The van der Waals surface area contributed by atoms with Crippen molar-refractivity contribution < 1.29 is 4.74 Å². The third-order valence-corrected chi connectivity index (χ3v) is 2.71. The van der Waals surface area contributed by atoms with Crippen LogP contribution in [-0.2, 0) is 4.74 Å². The van der Waals surface area contributed by atoms with E-state index in [1.54, 1.807) is 7.11 Å². The van der Waals surface area contributed by atoms with Crippen molar-refractivity contribution in [2.75, 3.05) is 25.2 Å². The molecule has 0 rings (SSSR count). The lowest BCUT2D eigenvalue weighted by atomic mass is 10.2. The summed E-state index contributed by atoms with van der Waals surface area (Å²) in [4.78, 5) is 0. The summed E-state index contributed by atoms with van der Waals surface area (Å²) >= 11 is 1.92. The number of hydrogen-bond acceptors (Lipinski definition) is 4. The summed E-state index contributed by atoms with van der Waals surface area (Å²) in [5.74, 6) is 7.64. The van der Waals surface area contributed by atoms with Crippen molar-refractivity contribution in [1.29, 1.82) is 0 Å². The molecule has 0 fully saturated rings. The Balaban J connectivity index is 3.26. The smallest absolute Gasteiger partial charge is 0.0462 e. The van der Waals surface area contributed by atoms with Gasteiger partial charge in [-0.3, -0.25) is 11.3 Å². The third-order valence-electron chi connectivity index (χ3n) is 1.66. The summed E-state index contributed by atoms with van der Waals surface area (Å²) < 4.78 is 4.97. The number of ether oxygens (including phenoxy) is 1. The quantitative estimate of drug-likeness (QED) is 0.342. The number of hydrazine groups is 1. The van der Waals surface area contributed by atoms with Crippen LogP contribution in [0.5, 0.6) is 0 Å². The highest BCUT2D eigenvalue weighted by Gasteiger charge is 2.04. The van der Waals surface area contributed by atoms with E-state index in [-0.39, 0.29) is 0 Å². The predicted octanol–water partition coefficient (Wildman–Crippen LogP) is 0.998. The molecule has 0 aliphatic carbocycles. The number of nitrogens with one attached hydrogen (secondary N) is 1. The molecule has 0 aromatic heterocycles. The van der Waals surface area contributed by atoms with Crippen LogP contribution in [0.4, 0.5) is 0 Å². The molecule has 0 aromatic rings. The van der Waals surface area contributed by atoms with Gasteiger partial charge in [-0.15, -0.1) is 0 Å². The second-order valence-corrected chi connectivity index (χ2v) is 3.98. The number of thioether (sulfide) groups is 1. The van der Waals surface area contributed by atoms with Gasteiger partial charge in [0.05, 0.1) is 0 Å². The van der Waals surface area contributed by atoms with Gasteiger partial charge in [-0.05, 0) is 18.6 Å². The Morgan fingerprint density at radius 1 is 1.58 bits per heavy atom. The monoisotopic (exact) mass is 192 g/mol. The normalized spacial score (nSPS) is 13.2. The van der Waals surface area contributed by atoms with Crippen LogP contribution in [0.2, 0.25) is 0 Å². The predicted molar refractivity (Wildman–Crippen MR) is 55.2 cm³/mol. The summed E-state index contributed by atoms with van der Waals surface area (Å²) in [5, 5.41) is 0. The van der Waals surface area contributed by atoms with Crippen LogP contribution in [0.25, 0.3) is 0 Å². The van der Waals surface area contributed by atoms with Gasteiger partial charge in [0.25, 0.3) is 0 Å². The van der Waals surface area contributed by atoms with Gasteiger partial charge in [0, 0.05) is 25.5 Å². The molecule has 0 saturated heterocycles. The number of methoxy groups -OCH3 is 1. The molecule has 0 radical (unpaired) electrons. The molecule has 0 heterocycles. The summed E-state index contributed by atoms with van der Waals surface area (Å²) in [7, 11) is 1.73. The summed E-state index contributed by atoms with van der Waals surface area (Å²) in [5.41, 5.74) is 2.82. The van der Waals surface area contributed by atoms with Crippen LogP contribution in [0.1, 0.15) is 19.8 Å². The van der Waals surface area contributed by atoms with Gasteiger partial charge >= 0.3 is 0 Å². The Labute approximate surface area is 79.4 Å². The maximum absolute atomic E-state index is 5.39. The lowest BCUT2D eigenvalue weighted by molar-refractivity contribution is 0.189. The van der Waals surface area contributed by atoms with Crippen LogP contribution in [0.15, 0.2) is 0 Å². The van der Waals surface area contributed by atoms with E-state index >= 15 is 0 Å². The Bertz CT molecular complexity index is 93.1. The van der Waals surface area contributed by atoms with Gasteiger partial charge in [0.2, 0.25) is 0 Å². The minimum atomic E-state index is 0.435. The Morgan fingerprint density at radius 3 is 2.83 bits per heavy atom. The van der Waals surface area contributed by atoms with Gasteiger partial charge in [-0.1, -0.05) is 6.92 Å². The van der Waals surface area contributed by atoms with Crippen molar-refractivity contribution in [2.24, 2.45) is 5.84 Å². The molecule has 0 aliphatic heterocycles. The minimum absolute atomic E-state index is 0.435. The SMILES string of the molecule is CCSCC(CCCOC)NN. The van der Waals surface area contributed by atoms with E-state index in [4.69, 9.17) is 10.6 Å². The van der Waals surface area contributed by atoms with Crippen molar-refractivity contribution in [3.05, 3.63) is 0 Å². The highest BCUT2D eigenvalue weighted by Crippen LogP contribution is 2.06. The summed E-state index contributed by atoms with van der Waals surface area (Å²) in [6.45, 7) is 2.99. The van der Waals surface area contributed by atoms with Crippen molar-refractivity contribution in [2.45, 2.75) is 25.8 Å². The first-order valence-electron chi connectivity index (χ1n) is 4.38. The van der Waals surface area contributed by atoms with Crippen LogP contribution < -0.4 is 11.3 Å². The van der Waals surface area contributed by atoms with E-state index < -0.39 is 0 Å². The second kappa shape index (κ2) is 9.32.